The average Bonchev–Trinajstić information content (AvgIpc) is 2.91. The maximum absolute atomic E-state index is 11.7. The number of rotatable bonds is 5. The predicted molar refractivity (Wildman–Crippen MR) is 75.4 cm³/mol. The molecule has 0 saturated heterocycles. The van der Waals surface area contributed by atoms with Crippen molar-refractivity contribution in [1.29, 1.82) is 0 Å². The van der Waals surface area contributed by atoms with E-state index in [1.54, 1.807) is 25.1 Å². The fourth-order valence-corrected chi connectivity index (χ4v) is 2.16. The number of aromatic nitrogens is 4. The zero-order valence-electron chi connectivity index (χ0n) is 10.4. The first-order valence-electron chi connectivity index (χ1n) is 5.67. The maximum atomic E-state index is 11.7. The minimum absolute atomic E-state index is 0.149. The number of tetrazole rings is 1. The zero-order valence-corrected chi connectivity index (χ0v) is 12.8. The summed E-state index contributed by atoms with van der Waals surface area (Å²) < 4.78 is 6.18. The first kappa shape index (κ1) is 14.7. The molecule has 1 atom stereocenters. The number of halogens is 2. The second kappa shape index (κ2) is 6.67. The standard InChI is InChI=1S/C11H11BrClN5O2/c1-6(11-15-17-18-16-11)14-10(19)5-20-9-3-2-7(12)4-8(9)13/h2-4,6H,5H2,1H3,(H,14,19)(H,15,16,17,18). The number of nitrogens with one attached hydrogen (secondary N) is 2. The van der Waals surface area contributed by atoms with Crippen molar-refractivity contribution in [3.63, 3.8) is 0 Å². The van der Waals surface area contributed by atoms with Crippen molar-refractivity contribution >= 4 is 33.4 Å². The Kier molecular flexibility index (Phi) is 4.91. The molecule has 2 N–H and O–H groups in total. The Balaban J connectivity index is 1.86. The summed E-state index contributed by atoms with van der Waals surface area (Å²) >= 11 is 9.27. The van der Waals surface area contributed by atoms with Crippen LogP contribution in [0.3, 0.4) is 0 Å². The summed E-state index contributed by atoms with van der Waals surface area (Å²) in [6.07, 6.45) is 0. The van der Waals surface area contributed by atoms with Gasteiger partial charge in [0.15, 0.2) is 12.4 Å². The monoisotopic (exact) mass is 359 g/mol. The largest absolute Gasteiger partial charge is 0.482 e. The van der Waals surface area contributed by atoms with E-state index in [9.17, 15) is 4.79 Å². The predicted octanol–water partition coefficient (Wildman–Crippen LogP) is 1.87. The molecule has 1 aromatic heterocycles. The summed E-state index contributed by atoms with van der Waals surface area (Å²) in [7, 11) is 0. The molecular formula is C11H11BrClN5O2. The molecule has 0 aliphatic rings. The van der Waals surface area contributed by atoms with Crippen molar-refractivity contribution in [2.24, 2.45) is 0 Å². The van der Waals surface area contributed by atoms with E-state index in [4.69, 9.17) is 16.3 Å². The number of aromatic amines is 1. The molecule has 0 saturated carbocycles. The molecule has 0 aliphatic carbocycles. The van der Waals surface area contributed by atoms with E-state index >= 15 is 0 Å². The van der Waals surface area contributed by atoms with Gasteiger partial charge >= 0.3 is 0 Å². The molecule has 0 aliphatic heterocycles. The van der Waals surface area contributed by atoms with Crippen LogP contribution in [0.5, 0.6) is 5.75 Å². The van der Waals surface area contributed by atoms with Gasteiger partial charge in [0.2, 0.25) is 0 Å². The Morgan fingerprint density at radius 2 is 2.40 bits per heavy atom. The van der Waals surface area contributed by atoms with Crippen molar-refractivity contribution < 1.29 is 9.53 Å². The fourth-order valence-electron chi connectivity index (χ4n) is 1.44. The number of benzene rings is 1. The second-order valence-electron chi connectivity index (χ2n) is 3.92. The molecule has 20 heavy (non-hydrogen) atoms. The molecule has 0 spiro atoms. The molecule has 1 aromatic carbocycles. The number of carbonyl (C=O) groups excluding carboxylic acids is 1. The third-order valence-corrected chi connectivity index (χ3v) is 3.17. The van der Waals surface area contributed by atoms with Crippen LogP contribution in [0.15, 0.2) is 22.7 Å². The normalized spacial score (nSPS) is 11.9. The molecule has 106 valence electrons. The third-order valence-electron chi connectivity index (χ3n) is 2.38. The van der Waals surface area contributed by atoms with Gasteiger partial charge in [-0.15, -0.1) is 10.2 Å². The zero-order chi connectivity index (χ0) is 14.5. The molecule has 0 radical (unpaired) electrons. The smallest absolute Gasteiger partial charge is 0.258 e. The van der Waals surface area contributed by atoms with Crippen molar-refractivity contribution in [3.05, 3.63) is 33.5 Å². The highest BCUT2D eigenvalue weighted by molar-refractivity contribution is 9.10. The lowest BCUT2D eigenvalue weighted by atomic mass is 10.3. The van der Waals surface area contributed by atoms with E-state index in [0.717, 1.165) is 4.47 Å². The average molecular weight is 361 g/mol. The highest BCUT2D eigenvalue weighted by Gasteiger charge is 2.14. The van der Waals surface area contributed by atoms with Crippen LogP contribution in [0, 0.1) is 0 Å². The quantitative estimate of drug-likeness (QED) is 0.849. The highest BCUT2D eigenvalue weighted by atomic mass is 79.9. The van der Waals surface area contributed by atoms with Crippen LogP contribution in [0.2, 0.25) is 5.02 Å². The summed E-state index contributed by atoms with van der Waals surface area (Å²) in [5.41, 5.74) is 0. The van der Waals surface area contributed by atoms with Gasteiger partial charge in [0.05, 0.1) is 11.1 Å². The summed E-state index contributed by atoms with van der Waals surface area (Å²) in [5, 5.41) is 16.4. The number of carbonyl (C=O) groups is 1. The fraction of sp³-hybridized carbons (Fsp3) is 0.273. The SMILES string of the molecule is CC(NC(=O)COc1ccc(Br)cc1Cl)c1nn[nH]n1. The molecule has 2 aromatic rings. The van der Waals surface area contributed by atoms with Gasteiger partial charge in [-0.05, 0) is 25.1 Å². The van der Waals surface area contributed by atoms with E-state index in [-0.39, 0.29) is 18.6 Å². The van der Waals surface area contributed by atoms with Gasteiger partial charge in [-0.25, -0.2) is 0 Å². The molecule has 2 rings (SSSR count). The van der Waals surface area contributed by atoms with E-state index < -0.39 is 0 Å². The number of hydrogen-bond donors (Lipinski definition) is 2. The van der Waals surface area contributed by atoms with Crippen LogP contribution in [0.4, 0.5) is 0 Å². The van der Waals surface area contributed by atoms with Crippen molar-refractivity contribution in [3.8, 4) is 5.75 Å². The summed E-state index contributed by atoms with van der Waals surface area (Å²) in [6, 6.07) is 4.80. The number of ether oxygens (including phenoxy) is 1. The van der Waals surface area contributed by atoms with Crippen LogP contribution in [-0.4, -0.2) is 33.1 Å². The van der Waals surface area contributed by atoms with Crippen LogP contribution >= 0.6 is 27.5 Å². The topological polar surface area (TPSA) is 92.8 Å². The van der Waals surface area contributed by atoms with Crippen molar-refractivity contribution in [1.82, 2.24) is 25.9 Å². The Bertz CT molecular complexity index is 593. The molecule has 1 heterocycles. The Labute approximate surface area is 128 Å². The molecule has 0 bridgehead atoms. The van der Waals surface area contributed by atoms with Gasteiger partial charge in [-0.1, -0.05) is 32.7 Å². The first-order valence-corrected chi connectivity index (χ1v) is 6.84. The van der Waals surface area contributed by atoms with E-state index in [0.29, 0.717) is 16.6 Å². The van der Waals surface area contributed by atoms with Gasteiger partial charge in [0.1, 0.15) is 5.75 Å². The highest BCUT2D eigenvalue weighted by Crippen LogP contribution is 2.27. The minimum Gasteiger partial charge on any atom is -0.482 e. The molecule has 7 nitrogen and oxygen atoms in total. The van der Waals surface area contributed by atoms with Gasteiger partial charge in [0, 0.05) is 4.47 Å². The van der Waals surface area contributed by atoms with Crippen LogP contribution in [0.25, 0.3) is 0 Å². The van der Waals surface area contributed by atoms with Gasteiger partial charge in [0.25, 0.3) is 5.91 Å². The molecule has 1 amide bonds. The van der Waals surface area contributed by atoms with Crippen LogP contribution < -0.4 is 10.1 Å². The summed E-state index contributed by atoms with van der Waals surface area (Å²) in [4.78, 5) is 11.7. The Morgan fingerprint density at radius 1 is 1.60 bits per heavy atom. The molecule has 9 heteroatoms. The number of amides is 1. The van der Waals surface area contributed by atoms with E-state index in [2.05, 4.69) is 41.9 Å². The summed E-state index contributed by atoms with van der Waals surface area (Å²) in [5.74, 6) is 0.540. The van der Waals surface area contributed by atoms with Crippen LogP contribution in [0.1, 0.15) is 18.8 Å². The lowest BCUT2D eigenvalue weighted by molar-refractivity contribution is -0.123. The van der Waals surface area contributed by atoms with Crippen LogP contribution in [-0.2, 0) is 4.79 Å². The minimum atomic E-state index is -0.356. The lowest BCUT2D eigenvalue weighted by Gasteiger charge is -2.11. The van der Waals surface area contributed by atoms with E-state index in [1.807, 2.05) is 0 Å². The number of nitrogens with zero attached hydrogens (tertiary/aromatic N) is 3. The molecule has 1 unspecified atom stereocenters. The molecule has 0 fully saturated rings. The number of H-pyrrole nitrogens is 1. The maximum Gasteiger partial charge on any atom is 0.258 e. The number of hydrogen-bond acceptors (Lipinski definition) is 5. The van der Waals surface area contributed by atoms with Gasteiger partial charge < -0.3 is 10.1 Å². The van der Waals surface area contributed by atoms with Crippen molar-refractivity contribution in [2.45, 2.75) is 13.0 Å². The van der Waals surface area contributed by atoms with Crippen molar-refractivity contribution in [2.75, 3.05) is 6.61 Å². The third kappa shape index (κ3) is 3.91. The Hall–Kier alpha value is -1.67. The Morgan fingerprint density at radius 3 is 3.05 bits per heavy atom. The van der Waals surface area contributed by atoms with Gasteiger partial charge in [-0.3, -0.25) is 4.79 Å². The molecular weight excluding hydrogens is 350 g/mol. The summed E-state index contributed by atoms with van der Waals surface area (Å²) in [6.45, 7) is 1.60. The van der Waals surface area contributed by atoms with Gasteiger partial charge in [-0.2, -0.15) is 5.21 Å². The second-order valence-corrected chi connectivity index (χ2v) is 5.25. The lowest BCUT2D eigenvalue weighted by Crippen LogP contribution is -2.31. The first-order chi connectivity index (χ1) is 9.56. The van der Waals surface area contributed by atoms with E-state index in [1.165, 1.54) is 0 Å².